The fraction of sp³-hybridized carbons (Fsp3) is 0.0690. The second-order valence-electron chi connectivity index (χ2n) is 8.95. The molecule has 0 spiro atoms. The Bertz CT molecular complexity index is 1940. The minimum atomic E-state index is 0.138. The van der Waals surface area contributed by atoms with Gasteiger partial charge in [0, 0.05) is 22.1 Å². The largest absolute Gasteiger partial charge is 0.424 e. The van der Waals surface area contributed by atoms with Crippen LogP contribution in [-0.2, 0) is 6.54 Å². The Balaban J connectivity index is 1.42. The number of nitrogen functional groups attached to an aromatic ring is 1. The van der Waals surface area contributed by atoms with Crippen LogP contribution in [0.15, 0.2) is 89.6 Å². The van der Waals surface area contributed by atoms with Crippen LogP contribution in [-0.4, -0.2) is 29.7 Å². The standard InChI is InChI=1S/C29H21N7O/c1-17-25-27(20-11-12-24-23(14-20)34-29(30)37-24)35-36(28(25)32-16-31-17)15-21-13-19-9-5-6-10-22(19)33-26(21)18-7-3-2-4-8-18/h2-14,16H,15H2,1H3,(H2,30,34). The predicted octanol–water partition coefficient (Wildman–Crippen LogP) is 5.79. The third-order valence-electron chi connectivity index (χ3n) is 6.57. The van der Waals surface area contributed by atoms with Gasteiger partial charge in [-0.3, -0.25) is 0 Å². The maximum atomic E-state index is 5.76. The van der Waals surface area contributed by atoms with Gasteiger partial charge in [0.15, 0.2) is 11.2 Å². The highest BCUT2D eigenvalue weighted by molar-refractivity contribution is 5.95. The van der Waals surface area contributed by atoms with E-state index in [1.165, 1.54) is 0 Å². The van der Waals surface area contributed by atoms with Gasteiger partial charge in [0.05, 0.1) is 28.8 Å². The molecule has 0 radical (unpaired) electrons. The highest BCUT2D eigenvalue weighted by Crippen LogP contribution is 2.33. The first-order chi connectivity index (χ1) is 18.1. The quantitative estimate of drug-likeness (QED) is 0.337. The van der Waals surface area contributed by atoms with Crippen molar-refractivity contribution in [2.24, 2.45) is 0 Å². The van der Waals surface area contributed by atoms with Crippen LogP contribution in [0.5, 0.6) is 0 Å². The zero-order chi connectivity index (χ0) is 24.9. The summed E-state index contributed by atoms with van der Waals surface area (Å²) in [5.74, 6) is 0. The van der Waals surface area contributed by atoms with Crippen molar-refractivity contribution in [3.8, 4) is 22.5 Å². The summed E-state index contributed by atoms with van der Waals surface area (Å²) >= 11 is 0. The summed E-state index contributed by atoms with van der Waals surface area (Å²) in [7, 11) is 0. The average Bonchev–Trinajstić information content (AvgIpc) is 3.48. The topological polar surface area (TPSA) is 109 Å². The van der Waals surface area contributed by atoms with Gasteiger partial charge >= 0.3 is 0 Å². The molecule has 4 heterocycles. The molecule has 37 heavy (non-hydrogen) atoms. The van der Waals surface area contributed by atoms with Crippen LogP contribution in [0.4, 0.5) is 6.01 Å². The Kier molecular flexibility index (Phi) is 4.72. The normalized spacial score (nSPS) is 11.6. The van der Waals surface area contributed by atoms with E-state index in [0.29, 0.717) is 17.6 Å². The molecule has 0 unspecified atom stereocenters. The summed E-state index contributed by atoms with van der Waals surface area (Å²) in [4.78, 5) is 18.4. The van der Waals surface area contributed by atoms with Gasteiger partial charge in [-0.25, -0.2) is 19.6 Å². The van der Waals surface area contributed by atoms with Crippen molar-refractivity contribution in [2.75, 3.05) is 5.73 Å². The number of oxazole rings is 1. The Morgan fingerprint density at radius 3 is 2.54 bits per heavy atom. The molecule has 7 aromatic rings. The first-order valence-electron chi connectivity index (χ1n) is 11.9. The van der Waals surface area contributed by atoms with E-state index in [1.54, 1.807) is 6.33 Å². The second kappa shape index (κ2) is 8.23. The van der Waals surface area contributed by atoms with Gasteiger partial charge in [-0.1, -0.05) is 48.5 Å². The molecule has 0 fully saturated rings. The number of benzene rings is 3. The summed E-state index contributed by atoms with van der Waals surface area (Å²) in [6.45, 7) is 2.47. The number of fused-ring (bicyclic) bond motifs is 3. The van der Waals surface area contributed by atoms with E-state index >= 15 is 0 Å². The predicted molar refractivity (Wildman–Crippen MR) is 144 cm³/mol. The highest BCUT2D eigenvalue weighted by Gasteiger charge is 2.19. The van der Waals surface area contributed by atoms with Crippen molar-refractivity contribution in [3.63, 3.8) is 0 Å². The third kappa shape index (κ3) is 3.58. The monoisotopic (exact) mass is 483 g/mol. The van der Waals surface area contributed by atoms with Crippen molar-refractivity contribution in [3.05, 3.63) is 96.4 Å². The first kappa shape index (κ1) is 21.2. The van der Waals surface area contributed by atoms with E-state index in [9.17, 15) is 0 Å². The van der Waals surface area contributed by atoms with Crippen LogP contribution in [0.3, 0.4) is 0 Å². The number of para-hydroxylation sites is 1. The van der Waals surface area contributed by atoms with Crippen molar-refractivity contribution in [2.45, 2.75) is 13.5 Å². The molecule has 0 saturated carbocycles. The van der Waals surface area contributed by atoms with Crippen LogP contribution in [0.1, 0.15) is 11.3 Å². The van der Waals surface area contributed by atoms with E-state index in [-0.39, 0.29) is 6.01 Å². The zero-order valence-corrected chi connectivity index (χ0v) is 20.0. The first-order valence-corrected chi connectivity index (χ1v) is 11.9. The zero-order valence-electron chi connectivity index (χ0n) is 20.0. The fourth-order valence-corrected chi connectivity index (χ4v) is 4.84. The van der Waals surface area contributed by atoms with Gasteiger partial charge in [-0.15, -0.1) is 0 Å². The van der Waals surface area contributed by atoms with Crippen molar-refractivity contribution in [1.82, 2.24) is 29.7 Å². The molecule has 7 rings (SSSR count). The van der Waals surface area contributed by atoms with E-state index in [1.807, 2.05) is 66.2 Å². The van der Waals surface area contributed by atoms with Gasteiger partial charge in [0.25, 0.3) is 6.01 Å². The molecule has 0 bridgehead atoms. The number of nitrogens with zero attached hydrogens (tertiary/aromatic N) is 6. The molecule has 8 nitrogen and oxygen atoms in total. The number of hydrogen-bond donors (Lipinski definition) is 1. The Hall–Kier alpha value is -5.11. The molecule has 3 aromatic carbocycles. The van der Waals surface area contributed by atoms with Gasteiger partial charge in [-0.2, -0.15) is 10.1 Å². The number of aromatic nitrogens is 6. The molecule has 0 atom stereocenters. The summed E-state index contributed by atoms with van der Waals surface area (Å²) in [5, 5.41) is 7.02. The molecular formula is C29H21N7O. The summed E-state index contributed by atoms with van der Waals surface area (Å²) in [5.41, 5.74) is 14.3. The number of nitrogens with two attached hydrogens (primary N) is 1. The molecule has 0 amide bonds. The third-order valence-corrected chi connectivity index (χ3v) is 6.57. The van der Waals surface area contributed by atoms with Gasteiger partial charge in [0.2, 0.25) is 0 Å². The summed E-state index contributed by atoms with van der Waals surface area (Å²) in [6.07, 6.45) is 1.58. The summed E-state index contributed by atoms with van der Waals surface area (Å²) in [6, 6.07) is 26.5. The molecule has 4 aromatic heterocycles. The molecule has 0 saturated heterocycles. The number of rotatable bonds is 4. The number of aryl methyl sites for hydroxylation is 1. The maximum Gasteiger partial charge on any atom is 0.292 e. The van der Waals surface area contributed by atoms with Gasteiger partial charge in [-0.05, 0) is 37.3 Å². The fourth-order valence-electron chi connectivity index (χ4n) is 4.84. The molecule has 2 N–H and O–H groups in total. The highest BCUT2D eigenvalue weighted by atomic mass is 16.4. The van der Waals surface area contributed by atoms with Crippen LogP contribution < -0.4 is 5.73 Å². The lowest BCUT2D eigenvalue weighted by molar-refractivity contribution is 0.626. The van der Waals surface area contributed by atoms with Crippen molar-refractivity contribution >= 4 is 39.1 Å². The van der Waals surface area contributed by atoms with Crippen LogP contribution >= 0.6 is 0 Å². The van der Waals surface area contributed by atoms with E-state index < -0.39 is 0 Å². The summed E-state index contributed by atoms with van der Waals surface area (Å²) < 4.78 is 7.38. The maximum absolute atomic E-state index is 5.76. The molecule has 0 aliphatic rings. The lowest BCUT2D eigenvalue weighted by Crippen LogP contribution is -2.06. The average molecular weight is 484 g/mol. The molecule has 0 aliphatic heterocycles. The van der Waals surface area contributed by atoms with Crippen molar-refractivity contribution in [1.29, 1.82) is 0 Å². The molecule has 8 heteroatoms. The second-order valence-corrected chi connectivity index (χ2v) is 8.95. The van der Waals surface area contributed by atoms with E-state index in [4.69, 9.17) is 20.2 Å². The van der Waals surface area contributed by atoms with Crippen LogP contribution in [0, 0.1) is 6.92 Å². The van der Waals surface area contributed by atoms with Crippen LogP contribution in [0.25, 0.3) is 55.6 Å². The lowest BCUT2D eigenvalue weighted by atomic mass is 10.0. The Morgan fingerprint density at radius 1 is 0.811 bits per heavy atom. The SMILES string of the molecule is Cc1ncnc2c1c(-c1ccc3oc(N)nc3c1)nn2Cc1cc2ccccc2nc1-c1ccccc1. The molecule has 178 valence electrons. The van der Waals surface area contributed by atoms with Gasteiger partial charge in [0.1, 0.15) is 17.5 Å². The Labute approximate surface area is 211 Å². The van der Waals surface area contributed by atoms with Crippen LogP contribution in [0.2, 0.25) is 0 Å². The number of pyridine rings is 1. The Morgan fingerprint density at radius 2 is 1.65 bits per heavy atom. The van der Waals surface area contributed by atoms with E-state index in [0.717, 1.165) is 55.7 Å². The number of hydrogen-bond acceptors (Lipinski definition) is 7. The smallest absolute Gasteiger partial charge is 0.292 e. The van der Waals surface area contributed by atoms with E-state index in [2.05, 4.69) is 39.2 Å². The number of anilines is 1. The minimum Gasteiger partial charge on any atom is -0.424 e. The minimum absolute atomic E-state index is 0.138. The van der Waals surface area contributed by atoms with Crippen molar-refractivity contribution < 1.29 is 4.42 Å². The lowest BCUT2D eigenvalue weighted by Gasteiger charge is -2.12. The van der Waals surface area contributed by atoms with Gasteiger partial charge < -0.3 is 10.2 Å². The molecule has 0 aliphatic carbocycles. The molecular weight excluding hydrogens is 462 g/mol.